The van der Waals surface area contributed by atoms with Gasteiger partial charge in [0.1, 0.15) is 12.1 Å². The fraction of sp³-hybridized carbons (Fsp3) is 0.400. The molecule has 1 saturated heterocycles. The summed E-state index contributed by atoms with van der Waals surface area (Å²) in [4.78, 5) is 31.0. The van der Waals surface area contributed by atoms with Gasteiger partial charge in [-0.05, 0) is 69.1 Å². The molecular formula is C30H36N6O. The maximum Gasteiger partial charge on any atom is 0.254 e. The summed E-state index contributed by atoms with van der Waals surface area (Å²) >= 11 is 0. The molecule has 7 nitrogen and oxygen atoms in total. The van der Waals surface area contributed by atoms with E-state index in [1.54, 1.807) is 18.6 Å². The van der Waals surface area contributed by atoms with Crippen molar-refractivity contribution in [1.82, 2.24) is 24.8 Å². The number of amides is 1. The van der Waals surface area contributed by atoms with E-state index < -0.39 is 0 Å². The van der Waals surface area contributed by atoms with Crippen molar-refractivity contribution in [3.8, 4) is 23.1 Å². The maximum atomic E-state index is 13.4. The van der Waals surface area contributed by atoms with Crippen LogP contribution in [0.3, 0.4) is 0 Å². The predicted octanol–water partition coefficient (Wildman–Crippen LogP) is 4.34. The van der Waals surface area contributed by atoms with Crippen LogP contribution in [0, 0.1) is 18.8 Å². The normalized spacial score (nSPS) is 13.9. The number of carbonyl (C=O) groups excluding carboxylic acids is 1. The molecule has 0 saturated carbocycles. The van der Waals surface area contributed by atoms with Crippen LogP contribution < -0.4 is 5.73 Å². The Bertz CT molecular complexity index is 1300. The van der Waals surface area contributed by atoms with Crippen molar-refractivity contribution in [3.05, 3.63) is 70.8 Å². The molecule has 0 unspecified atom stereocenters. The van der Waals surface area contributed by atoms with Crippen LogP contribution in [0.25, 0.3) is 11.3 Å². The third-order valence-corrected chi connectivity index (χ3v) is 7.19. The molecule has 4 rings (SSSR count). The highest BCUT2D eigenvalue weighted by molar-refractivity contribution is 5.96. The molecule has 37 heavy (non-hydrogen) atoms. The van der Waals surface area contributed by atoms with Crippen LogP contribution in [0.1, 0.15) is 66.4 Å². The summed E-state index contributed by atoms with van der Waals surface area (Å²) in [5, 5.41) is 0. The van der Waals surface area contributed by atoms with Gasteiger partial charge in [0.25, 0.3) is 5.91 Å². The minimum Gasteiger partial charge on any atom is -0.384 e. The van der Waals surface area contributed by atoms with Crippen molar-refractivity contribution < 1.29 is 4.79 Å². The number of nitrogens with two attached hydrogens (primary N) is 1. The highest BCUT2D eigenvalue weighted by atomic mass is 16.2. The molecule has 1 fully saturated rings. The Morgan fingerprint density at radius 3 is 2.43 bits per heavy atom. The van der Waals surface area contributed by atoms with Gasteiger partial charge in [0.15, 0.2) is 0 Å². The molecule has 0 spiro atoms. The van der Waals surface area contributed by atoms with E-state index in [0.717, 1.165) is 84.6 Å². The van der Waals surface area contributed by atoms with Gasteiger partial charge < -0.3 is 15.5 Å². The van der Waals surface area contributed by atoms with Crippen LogP contribution in [0.5, 0.6) is 0 Å². The third-order valence-electron chi connectivity index (χ3n) is 7.19. The fourth-order valence-corrected chi connectivity index (χ4v) is 5.05. The van der Waals surface area contributed by atoms with Crippen LogP contribution in [0.15, 0.2) is 42.9 Å². The van der Waals surface area contributed by atoms with Gasteiger partial charge in [-0.25, -0.2) is 15.0 Å². The monoisotopic (exact) mass is 496 g/mol. The molecule has 192 valence electrons. The number of piperidine rings is 1. The lowest BCUT2D eigenvalue weighted by molar-refractivity contribution is 0.0630. The number of nitrogen functional groups attached to an aromatic ring is 1. The summed E-state index contributed by atoms with van der Waals surface area (Å²) in [5.74, 6) is 7.00. The molecule has 1 aliphatic rings. The number of likely N-dealkylation sites (tertiary alicyclic amines) is 1. The highest BCUT2D eigenvalue weighted by Crippen LogP contribution is 2.27. The van der Waals surface area contributed by atoms with Crippen molar-refractivity contribution in [3.63, 3.8) is 0 Å². The zero-order valence-electron chi connectivity index (χ0n) is 22.3. The van der Waals surface area contributed by atoms with Gasteiger partial charge in [-0.2, -0.15) is 0 Å². The molecule has 7 heteroatoms. The fourth-order valence-electron chi connectivity index (χ4n) is 5.05. The van der Waals surface area contributed by atoms with Crippen molar-refractivity contribution in [2.75, 3.05) is 31.9 Å². The molecule has 1 aromatic carbocycles. The summed E-state index contributed by atoms with van der Waals surface area (Å²) in [6, 6.07) is 10.1. The first-order valence-electron chi connectivity index (χ1n) is 13.2. The second-order valence-corrected chi connectivity index (χ2v) is 9.39. The first kappa shape index (κ1) is 26.3. The maximum absolute atomic E-state index is 13.4. The van der Waals surface area contributed by atoms with Crippen LogP contribution in [0.2, 0.25) is 0 Å². The summed E-state index contributed by atoms with van der Waals surface area (Å²) in [6.45, 7) is 12.2. The number of benzene rings is 1. The minimum absolute atomic E-state index is 0.106. The summed E-state index contributed by atoms with van der Waals surface area (Å²) in [5.41, 5.74) is 11.5. The van der Waals surface area contributed by atoms with Gasteiger partial charge in [-0.1, -0.05) is 38.7 Å². The Morgan fingerprint density at radius 2 is 1.81 bits per heavy atom. The van der Waals surface area contributed by atoms with E-state index in [9.17, 15) is 4.79 Å². The molecule has 1 aliphatic heterocycles. The van der Waals surface area contributed by atoms with E-state index >= 15 is 0 Å². The van der Waals surface area contributed by atoms with E-state index in [1.807, 2.05) is 36.1 Å². The second-order valence-electron chi connectivity index (χ2n) is 9.39. The standard InChI is InChI=1S/C30H36N6O/c1-5-27-26(11-8-22-9-13-28(31)32-19-22)29(34-20-33-27)23-10-12-25(21(4)18-23)30(37)36-16-14-24(15-17-36)35(6-2)7-3/h9-10,12-13,18-20,24H,5-7,14-17H2,1-4H3,(H2,31,32). The molecular weight excluding hydrogens is 460 g/mol. The van der Waals surface area contributed by atoms with Gasteiger partial charge in [0.05, 0.1) is 17.0 Å². The van der Waals surface area contributed by atoms with Crippen LogP contribution in [-0.2, 0) is 6.42 Å². The SMILES string of the molecule is CCc1ncnc(-c2ccc(C(=O)N3CCC(N(CC)CC)CC3)c(C)c2)c1C#Cc1ccc(N)nc1. The first-order chi connectivity index (χ1) is 17.9. The Kier molecular flexibility index (Phi) is 8.52. The second kappa shape index (κ2) is 12.0. The van der Waals surface area contributed by atoms with Gasteiger partial charge >= 0.3 is 0 Å². The number of anilines is 1. The zero-order chi connectivity index (χ0) is 26.4. The minimum atomic E-state index is 0.106. The van der Waals surface area contributed by atoms with E-state index in [1.165, 1.54) is 0 Å². The number of pyridine rings is 1. The largest absolute Gasteiger partial charge is 0.384 e. The smallest absolute Gasteiger partial charge is 0.254 e. The van der Waals surface area contributed by atoms with E-state index in [4.69, 9.17) is 5.73 Å². The topological polar surface area (TPSA) is 88.2 Å². The lowest BCUT2D eigenvalue weighted by atomic mass is 9.97. The van der Waals surface area contributed by atoms with Crippen molar-refractivity contribution >= 4 is 11.7 Å². The molecule has 1 amide bonds. The van der Waals surface area contributed by atoms with E-state index in [2.05, 4.69) is 52.5 Å². The Labute approximate surface area is 220 Å². The van der Waals surface area contributed by atoms with E-state index in [-0.39, 0.29) is 5.91 Å². The average Bonchev–Trinajstić information content (AvgIpc) is 2.93. The summed E-state index contributed by atoms with van der Waals surface area (Å²) < 4.78 is 0. The van der Waals surface area contributed by atoms with Gasteiger partial charge in [0, 0.05) is 42.0 Å². The molecule has 0 bridgehead atoms. The van der Waals surface area contributed by atoms with Gasteiger partial charge in [-0.3, -0.25) is 4.79 Å². The van der Waals surface area contributed by atoms with Crippen LogP contribution in [-0.4, -0.2) is 62.9 Å². The van der Waals surface area contributed by atoms with Crippen molar-refractivity contribution in [2.24, 2.45) is 0 Å². The van der Waals surface area contributed by atoms with Crippen LogP contribution >= 0.6 is 0 Å². The average molecular weight is 497 g/mol. The van der Waals surface area contributed by atoms with Crippen molar-refractivity contribution in [1.29, 1.82) is 0 Å². The van der Waals surface area contributed by atoms with Crippen molar-refractivity contribution in [2.45, 2.75) is 53.0 Å². The molecule has 3 heterocycles. The number of aryl methyl sites for hydroxylation is 2. The molecule has 0 atom stereocenters. The third kappa shape index (κ3) is 5.98. The number of carbonyl (C=O) groups is 1. The molecule has 0 aliphatic carbocycles. The Morgan fingerprint density at radius 1 is 1.05 bits per heavy atom. The molecule has 3 aromatic rings. The zero-order valence-corrected chi connectivity index (χ0v) is 22.3. The lowest BCUT2D eigenvalue weighted by Crippen LogP contribution is -2.46. The quantitative estimate of drug-likeness (QED) is 0.511. The number of nitrogens with zero attached hydrogens (tertiary/aromatic N) is 5. The molecule has 2 aromatic heterocycles. The number of aromatic nitrogens is 3. The highest BCUT2D eigenvalue weighted by Gasteiger charge is 2.27. The summed E-state index contributed by atoms with van der Waals surface area (Å²) in [6.07, 6.45) is 6.03. The summed E-state index contributed by atoms with van der Waals surface area (Å²) in [7, 11) is 0. The predicted molar refractivity (Wildman–Crippen MR) is 148 cm³/mol. The first-order valence-corrected chi connectivity index (χ1v) is 13.2. The Balaban J connectivity index is 1.58. The number of hydrogen-bond donors (Lipinski definition) is 1. The van der Waals surface area contributed by atoms with Crippen LogP contribution in [0.4, 0.5) is 5.82 Å². The van der Waals surface area contributed by atoms with Gasteiger partial charge in [-0.15, -0.1) is 0 Å². The number of hydrogen-bond acceptors (Lipinski definition) is 6. The van der Waals surface area contributed by atoms with E-state index in [0.29, 0.717) is 11.9 Å². The molecule has 2 N–H and O–H groups in total. The van der Waals surface area contributed by atoms with Gasteiger partial charge in [0.2, 0.25) is 0 Å². The Hall–Kier alpha value is -3.76. The lowest BCUT2D eigenvalue weighted by Gasteiger charge is -2.37. The number of rotatable bonds is 6. The molecule has 0 radical (unpaired) electrons.